The Morgan fingerprint density at radius 1 is 1.33 bits per heavy atom. The van der Waals surface area contributed by atoms with Crippen LogP contribution in [0, 0.1) is 11.3 Å². The molecular weight excluding hydrogens is 240 g/mol. The van der Waals surface area contributed by atoms with E-state index in [1.807, 2.05) is 17.5 Å². The van der Waals surface area contributed by atoms with E-state index in [9.17, 15) is 0 Å². The van der Waals surface area contributed by atoms with Gasteiger partial charge in [-0.2, -0.15) is 0 Å². The Morgan fingerprint density at radius 2 is 2.11 bits per heavy atom. The molecule has 0 aliphatic heterocycles. The van der Waals surface area contributed by atoms with Crippen LogP contribution < -0.4 is 5.32 Å². The molecule has 2 fully saturated rings. The monoisotopic (exact) mass is 264 g/mol. The van der Waals surface area contributed by atoms with Gasteiger partial charge in [0.2, 0.25) is 0 Å². The molecule has 2 nitrogen and oxygen atoms in total. The molecule has 1 aromatic heterocycles. The molecule has 3 rings (SSSR count). The van der Waals surface area contributed by atoms with E-state index in [2.05, 4.69) is 36.5 Å². The molecule has 2 aliphatic carbocycles. The fourth-order valence-electron chi connectivity index (χ4n) is 3.52. The highest BCUT2D eigenvalue weighted by molar-refractivity contribution is 7.09. The summed E-state index contributed by atoms with van der Waals surface area (Å²) >= 11 is 1.83. The van der Waals surface area contributed by atoms with Crippen LogP contribution in [0.15, 0.2) is 11.6 Å². The van der Waals surface area contributed by atoms with Crippen molar-refractivity contribution in [1.29, 1.82) is 0 Å². The van der Waals surface area contributed by atoms with Crippen LogP contribution in [-0.2, 0) is 5.54 Å². The minimum atomic E-state index is 0.158. The van der Waals surface area contributed by atoms with Crippen LogP contribution in [0.25, 0.3) is 0 Å². The highest BCUT2D eigenvalue weighted by Crippen LogP contribution is 2.50. The molecule has 1 heterocycles. The largest absolute Gasteiger partial charge is 0.302 e. The summed E-state index contributed by atoms with van der Waals surface area (Å²) in [5.74, 6) is 0.674. The molecule has 0 saturated heterocycles. The molecule has 3 heteroatoms. The summed E-state index contributed by atoms with van der Waals surface area (Å²) in [5.41, 5.74) is 0.649. The summed E-state index contributed by atoms with van der Waals surface area (Å²) in [5, 5.41) is 7.38. The van der Waals surface area contributed by atoms with Gasteiger partial charge in [0.05, 0.1) is 5.54 Å². The van der Waals surface area contributed by atoms with Crippen molar-refractivity contribution >= 4 is 11.3 Å². The van der Waals surface area contributed by atoms with E-state index in [-0.39, 0.29) is 5.54 Å². The van der Waals surface area contributed by atoms with Crippen LogP contribution in [0.1, 0.15) is 57.9 Å². The number of nitrogens with zero attached hydrogens (tertiary/aromatic N) is 1. The van der Waals surface area contributed by atoms with Crippen molar-refractivity contribution in [1.82, 2.24) is 10.3 Å². The SMILES string of the molecule is CC1CC(C)(C)CCC1(NC1CC1)c1nccs1. The van der Waals surface area contributed by atoms with Gasteiger partial charge in [-0.15, -0.1) is 11.3 Å². The average Bonchev–Trinajstić information content (AvgIpc) is 2.93. The van der Waals surface area contributed by atoms with E-state index >= 15 is 0 Å². The number of rotatable bonds is 3. The Labute approximate surface area is 114 Å². The van der Waals surface area contributed by atoms with Crippen molar-refractivity contribution in [3.63, 3.8) is 0 Å². The molecular formula is C15H24N2S. The van der Waals surface area contributed by atoms with Gasteiger partial charge in [0.15, 0.2) is 0 Å². The molecule has 0 bridgehead atoms. The van der Waals surface area contributed by atoms with Crippen molar-refractivity contribution in [2.45, 2.75) is 64.5 Å². The van der Waals surface area contributed by atoms with E-state index in [0.29, 0.717) is 11.3 Å². The van der Waals surface area contributed by atoms with Crippen molar-refractivity contribution in [3.05, 3.63) is 16.6 Å². The Kier molecular flexibility index (Phi) is 3.02. The molecule has 1 N–H and O–H groups in total. The van der Waals surface area contributed by atoms with Gasteiger partial charge in [-0.3, -0.25) is 0 Å². The topological polar surface area (TPSA) is 24.9 Å². The zero-order valence-corrected chi connectivity index (χ0v) is 12.5. The van der Waals surface area contributed by atoms with Crippen molar-refractivity contribution < 1.29 is 0 Å². The maximum absolute atomic E-state index is 4.65. The summed E-state index contributed by atoms with van der Waals surface area (Å²) in [6, 6.07) is 0.748. The quantitative estimate of drug-likeness (QED) is 0.894. The van der Waals surface area contributed by atoms with Crippen LogP contribution in [-0.4, -0.2) is 11.0 Å². The van der Waals surface area contributed by atoms with Gasteiger partial charge in [0, 0.05) is 17.6 Å². The minimum absolute atomic E-state index is 0.158. The fourth-order valence-corrected chi connectivity index (χ4v) is 4.46. The molecule has 1 aromatic rings. The summed E-state index contributed by atoms with van der Waals surface area (Å²) < 4.78 is 0. The van der Waals surface area contributed by atoms with Gasteiger partial charge in [-0.05, 0) is 43.4 Å². The van der Waals surface area contributed by atoms with E-state index in [0.717, 1.165) is 6.04 Å². The number of aromatic nitrogens is 1. The standard InChI is InChI=1S/C15H24N2S/c1-11-10-14(2,3)6-7-15(11,17-12-4-5-12)13-16-8-9-18-13/h8-9,11-12,17H,4-7,10H2,1-3H3. The van der Waals surface area contributed by atoms with Gasteiger partial charge in [-0.25, -0.2) is 4.98 Å². The summed E-state index contributed by atoms with van der Waals surface area (Å²) in [6.07, 6.45) is 8.50. The first-order valence-electron chi connectivity index (χ1n) is 7.20. The third-order valence-electron chi connectivity index (χ3n) is 4.75. The molecule has 0 spiro atoms. The molecule has 2 aliphatic rings. The highest BCUT2D eigenvalue weighted by atomic mass is 32.1. The molecule has 0 amide bonds. The molecule has 18 heavy (non-hydrogen) atoms. The van der Waals surface area contributed by atoms with Crippen LogP contribution >= 0.6 is 11.3 Å². The number of nitrogens with one attached hydrogen (secondary N) is 1. The van der Waals surface area contributed by atoms with Crippen LogP contribution in [0.3, 0.4) is 0 Å². The van der Waals surface area contributed by atoms with Crippen molar-refractivity contribution in [2.24, 2.45) is 11.3 Å². The Balaban J connectivity index is 1.90. The first-order valence-corrected chi connectivity index (χ1v) is 8.07. The molecule has 0 radical (unpaired) electrons. The first-order chi connectivity index (χ1) is 8.52. The molecule has 0 aromatic carbocycles. The molecule has 100 valence electrons. The van der Waals surface area contributed by atoms with Gasteiger partial charge in [-0.1, -0.05) is 20.8 Å². The third-order valence-corrected chi connectivity index (χ3v) is 5.70. The lowest BCUT2D eigenvalue weighted by Crippen LogP contribution is -2.52. The lowest BCUT2D eigenvalue weighted by Gasteiger charge is -2.48. The Bertz CT molecular complexity index is 408. The van der Waals surface area contributed by atoms with E-state index in [1.54, 1.807) is 0 Å². The summed E-state index contributed by atoms with van der Waals surface area (Å²) in [4.78, 5) is 4.65. The normalized spacial score (nSPS) is 35.6. The maximum atomic E-state index is 4.65. The van der Waals surface area contributed by atoms with Crippen LogP contribution in [0.4, 0.5) is 0 Å². The zero-order valence-electron chi connectivity index (χ0n) is 11.7. The predicted molar refractivity (Wildman–Crippen MR) is 76.7 cm³/mol. The van der Waals surface area contributed by atoms with Crippen molar-refractivity contribution in [3.8, 4) is 0 Å². The maximum Gasteiger partial charge on any atom is 0.113 e. The second-order valence-corrected chi connectivity index (χ2v) is 7.89. The summed E-state index contributed by atoms with van der Waals surface area (Å²) in [7, 11) is 0. The smallest absolute Gasteiger partial charge is 0.113 e. The third kappa shape index (κ3) is 2.23. The molecule has 2 atom stereocenters. The van der Waals surface area contributed by atoms with Gasteiger partial charge in [0.1, 0.15) is 5.01 Å². The zero-order chi connectivity index (χ0) is 12.8. The molecule has 2 saturated carbocycles. The number of hydrogen-bond donors (Lipinski definition) is 1. The summed E-state index contributed by atoms with van der Waals surface area (Å²) in [6.45, 7) is 7.23. The number of thiazole rings is 1. The highest BCUT2D eigenvalue weighted by Gasteiger charge is 2.48. The minimum Gasteiger partial charge on any atom is -0.302 e. The number of hydrogen-bond acceptors (Lipinski definition) is 3. The van der Waals surface area contributed by atoms with Gasteiger partial charge >= 0.3 is 0 Å². The fraction of sp³-hybridized carbons (Fsp3) is 0.800. The van der Waals surface area contributed by atoms with E-state index in [4.69, 9.17) is 0 Å². The predicted octanol–water partition coefficient (Wildman–Crippen LogP) is 3.94. The lowest BCUT2D eigenvalue weighted by molar-refractivity contribution is 0.0698. The second kappa shape index (κ2) is 4.31. The van der Waals surface area contributed by atoms with Gasteiger partial charge in [0.25, 0.3) is 0 Å². The lowest BCUT2D eigenvalue weighted by atomic mass is 9.64. The first kappa shape index (κ1) is 12.6. The Morgan fingerprint density at radius 3 is 2.67 bits per heavy atom. The van der Waals surface area contributed by atoms with E-state index < -0.39 is 0 Å². The Hall–Kier alpha value is -0.410. The van der Waals surface area contributed by atoms with Crippen LogP contribution in [0.5, 0.6) is 0 Å². The average molecular weight is 264 g/mol. The van der Waals surface area contributed by atoms with Gasteiger partial charge < -0.3 is 5.32 Å². The molecule has 2 unspecified atom stereocenters. The second-order valence-electron chi connectivity index (χ2n) is 7.00. The van der Waals surface area contributed by atoms with E-state index in [1.165, 1.54) is 37.1 Å². The van der Waals surface area contributed by atoms with Crippen LogP contribution in [0.2, 0.25) is 0 Å². The van der Waals surface area contributed by atoms with Crippen molar-refractivity contribution in [2.75, 3.05) is 0 Å².